The fourth-order valence-corrected chi connectivity index (χ4v) is 4.01. The summed E-state index contributed by atoms with van der Waals surface area (Å²) in [4.78, 5) is 15.9. The minimum absolute atomic E-state index is 0.268. The molecule has 8 nitrogen and oxygen atoms in total. The van der Waals surface area contributed by atoms with Crippen LogP contribution in [-0.4, -0.2) is 43.3 Å². The molecule has 1 unspecified atom stereocenters. The fourth-order valence-electron chi connectivity index (χ4n) is 3.79. The first-order valence-electron chi connectivity index (χ1n) is 8.97. The zero-order valence-corrected chi connectivity index (χ0v) is 15.7. The van der Waals surface area contributed by atoms with Gasteiger partial charge in [0.2, 0.25) is 0 Å². The molecule has 2 aromatic heterocycles. The zero-order chi connectivity index (χ0) is 19.7. The van der Waals surface area contributed by atoms with Gasteiger partial charge in [-0.3, -0.25) is 4.21 Å². The lowest BCUT2D eigenvalue weighted by atomic mass is 9.93. The van der Waals surface area contributed by atoms with E-state index in [1.165, 1.54) is 12.4 Å². The molecule has 150 valence electrons. The van der Waals surface area contributed by atoms with Crippen molar-refractivity contribution in [1.82, 2.24) is 25.2 Å². The number of benzene rings is 1. The first kappa shape index (κ1) is 19.1. The average Bonchev–Trinajstić information content (AvgIpc) is 3.04. The van der Waals surface area contributed by atoms with E-state index in [1.54, 1.807) is 0 Å². The van der Waals surface area contributed by atoms with Gasteiger partial charge in [0.15, 0.2) is 5.82 Å². The molecule has 4 rings (SSSR count). The summed E-state index contributed by atoms with van der Waals surface area (Å²) < 4.78 is 48.6. The third-order valence-electron chi connectivity index (χ3n) is 5.13. The maximum absolute atomic E-state index is 14.2. The van der Waals surface area contributed by atoms with Crippen LogP contribution in [0.15, 0.2) is 18.5 Å². The van der Waals surface area contributed by atoms with Gasteiger partial charge in [-0.1, -0.05) is 0 Å². The predicted octanol–water partition coefficient (Wildman–Crippen LogP) is 1.88. The number of fused-ring (bicyclic) bond motifs is 3. The summed E-state index contributed by atoms with van der Waals surface area (Å²) in [6.07, 6.45) is 4.11. The molecule has 1 saturated heterocycles. The lowest BCUT2D eigenvalue weighted by Gasteiger charge is -2.33. The highest BCUT2D eigenvalue weighted by Gasteiger charge is 2.23. The molecule has 1 fully saturated rings. The molecule has 3 heterocycles. The summed E-state index contributed by atoms with van der Waals surface area (Å²) in [7, 11) is 0. The highest BCUT2D eigenvalue weighted by atomic mass is 32.2. The van der Waals surface area contributed by atoms with Crippen LogP contribution in [0.3, 0.4) is 0 Å². The highest BCUT2D eigenvalue weighted by molar-refractivity contribution is 7.76. The van der Waals surface area contributed by atoms with Crippen LogP contribution in [0.1, 0.15) is 19.3 Å². The summed E-state index contributed by atoms with van der Waals surface area (Å²) in [5.41, 5.74) is 4.06. The van der Waals surface area contributed by atoms with Gasteiger partial charge >= 0.3 is 0 Å². The Labute approximate surface area is 162 Å². The SMILES string of the molecule is O=S([O-])NNCCC1CCN(c2ncnc3c2[nH]c2cc(F)cc(F)c23)CC1. The van der Waals surface area contributed by atoms with E-state index >= 15 is 0 Å². The van der Waals surface area contributed by atoms with Crippen molar-refractivity contribution < 1.29 is 17.5 Å². The number of rotatable bonds is 6. The van der Waals surface area contributed by atoms with Crippen LogP contribution in [-0.2, 0) is 11.3 Å². The van der Waals surface area contributed by atoms with E-state index in [2.05, 4.69) is 30.1 Å². The molecule has 0 aliphatic carbocycles. The van der Waals surface area contributed by atoms with Gasteiger partial charge in [-0.25, -0.2) is 24.2 Å². The number of anilines is 1. The first-order chi connectivity index (χ1) is 13.5. The van der Waals surface area contributed by atoms with Gasteiger partial charge < -0.3 is 14.4 Å². The summed E-state index contributed by atoms with van der Waals surface area (Å²) in [6.45, 7) is 2.09. The van der Waals surface area contributed by atoms with Gasteiger partial charge in [-0.05, 0) is 31.2 Å². The van der Waals surface area contributed by atoms with E-state index in [9.17, 15) is 17.5 Å². The van der Waals surface area contributed by atoms with Crippen LogP contribution >= 0.6 is 0 Å². The molecule has 1 aromatic carbocycles. The normalized spacial score (nSPS) is 16.9. The van der Waals surface area contributed by atoms with Crippen LogP contribution < -0.4 is 15.2 Å². The van der Waals surface area contributed by atoms with Crippen molar-refractivity contribution in [2.24, 2.45) is 5.92 Å². The van der Waals surface area contributed by atoms with E-state index < -0.39 is 22.9 Å². The van der Waals surface area contributed by atoms with Gasteiger partial charge in [0, 0.05) is 37.0 Å². The van der Waals surface area contributed by atoms with Gasteiger partial charge in [-0.15, -0.1) is 0 Å². The Balaban J connectivity index is 1.50. The second kappa shape index (κ2) is 8.03. The smallest absolute Gasteiger partial charge is 0.156 e. The van der Waals surface area contributed by atoms with E-state index in [4.69, 9.17) is 0 Å². The minimum atomic E-state index is -2.31. The van der Waals surface area contributed by atoms with Gasteiger partial charge in [-0.2, -0.15) is 4.83 Å². The molecule has 0 radical (unpaired) electrons. The second-order valence-electron chi connectivity index (χ2n) is 6.84. The van der Waals surface area contributed by atoms with Crippen molar-refractivity contribution in [2.45, 2.75) is 19.3 Å². The zero-order valence-electron chi connectivity index (χ0n) is 14.9. The van der Waals surface area contributed by atoms with Crippen molar-refractivity contribution in [3.05, 3.63) is 30.1 Å². The molecule has 1 atom stereocenters. The van der Waals surface area contributed by atoms with Crippen molar-refractivity contribution in [1.29, 1.82) is 0 Å². The number of hydrogen-bond acceptors (Lipinski definition) is 6. The number of nitrogens with zero attached hydrogens (tertiary/aromatic N) is 3. The fraction of sp³-hybridized carbons (Fsp3) is 0.412. The number of nitrogens with one attached hydrogen (secondary N) is 3. The van der Waals surface area contributed by atoms with Crippen molar-refractivity contribution >= 4 is 39.0 Å². The molecule has 0 saturated carbocycles. The maximum Gasteiger partial charge on any atom is 0.156 e. The monoisotopic (exact) mass is 409 g/mol. The Morgan fingerprint density at radius 2 is 2.07 bits per heavy atom. The Kier molecular flexibility index (Phi) is 5.49. The van der Waals surface area contributed by atoms with E-state index in [-0.39, 0.29) is 5.39 Å². The Morgan fingerprint density at radius 3 is 2.82 bits per heavy atom. The van der Waals surface area contributed by atoms with Gasteiger partial charge in [0.1, 0.15) is 29.0 Å². The van der Waals surface area contributed by atoms with Crippen LogP contribution in [0.2, 0.25) is 0 Å². The Morgan fingerprint density at radius 1 is 1.29 bits per heavy atom. The van der Waals surface area contributed by atoms with E-state index in [0.29, 0.717) is 34.8 Å². The number of hydrogen-bond donors (Lipinski definition) is 3. The molecular weight excluding hydrogens is 390 g/mol. The van der Waals surface area contributed by atoms with Crippen LogP contribution in [0.5, 0.6) is 0 Å². The number of hydrazine groups is 1. The van der Waals surface area contributed by atoms with Crippen LogP contribution in [0.25, 0.3) is 21.9 Å². The second-order valence-corrected chi connectivity index (χ2v) is 7.51. The van der Waals surface area contributed by atoms with E-state index in [1.807, 2.05) is 0 Å². The molecular formula is C17H19F2N6O2S-. The molecule has 11 heteroatoms. The third kappa shape index (κ3) is 3.83. The standard InChI is InChI=1S/C17H20F2N6O2S/c18-11-7-12(19)14-13(8-11)23-16-15(14)20-9-21-17(16)25-5-2-10(3-6-25)1-4-22-24-28(26)27/h7-10,22-24H,1-6H2,(H,26,27)/p-1. The summed E-state index contributed by atoms with van der Waals surface area (Å²) >= 11 is -2.31. The van der Waals surface area contributed by atoms with Crippen molar-refractivity contribution in [3.8, 4) is 0 Å². The minimum Gasteiger partial charge on any atom is -0.759 e. The molecule has 3 N–H and O–H groups in total. The first-order valence-corrected chi connectivity index (χ1v) is 10.0. The number of aromatic amines is 1. The van der Waals surface area contributed by atoms with E-state index in [0.717, 1.165) is 38.4 Å². The number of piperidine rings is 1. The largest absolute Gasteiger partial charge is 0.759 e. The van der Waals surface area contributed by atoms with Crippen LogP contribution in [0, 0.1) is 17.6 Å². The van der Waals surface area contributed by atoms with Crippen molar-refractivity contribution in [2.75, 3.05) is 24.5 Å². The number of aromatic nitrogens is 3. The third-order valence-corrected chi connectivity index (χ3v) is 5.44. The lowest BCUT2D eigenvalue weighted by molar-refractivity contribution is 0.369. The maximum atomic E-state index is 14.2. The summed E-state index contributed by atoms with van der Waals surface area (Å²) in [5.74, 6) is -0.140. The van der Waals surface area contributed by atoms with Gasteiger partial charge in [0.25, 0.3) is 0 Å². The molecule has 3 aromatic rings. The number of halogens is 2. The Hall–Kier alpha value is -2.21. The summed E-state index contributed by atoms with van der Waals surface area (Å²) in [6, 6.07) is 2.11. The topological polar surface area (TPSA) is 109 Å². The highest BCUT2D eigenvalue weighted by Crippen LogP contribution is 2.33. The molecule has 0 spiro atoms. The Bertz CT molecular complexity index is 1020. The number of H-pyrrole nitrogens is 1. The van der Waals surface area contributed by atoms with Crippen LogP contribution in [0.4, 0.5) is 14.6 Å². The van der Waals surface area contributed by atoms with Crippen molar-refractivity contribution in [3.63, 3.8) is 0 Å². The summed E-state index contributed by atoms with van der Waals surface area (Å²) in [5, 5.41) is 0.268. The molecule has 1 aliphatic rings. The predicted molar refractivity (Wildman–Crippen MR) is 101 cm³/mol. The molecule has 28 heavy (non-hydrogen) atoms. The molecule has 0 amide bonds. The molecule has 1 aliphatic heterocycles. The molecule has 0 bridgehead atoms. The average molecular weight is 409 g/mol. The lowest BCUT2D eigenvalue weighted by Crippen LogP contribution is -2.38. The van der Waals surface area contributed by atoms with Gasteiger partial charge in [0.05, 0.1) is 10.9 Å². The quantitative estimate of drug-likeness (QED) is 0.326.